The number of esters is 1. The third-order valence-corrected chi connectivity index (χ3v) is 6.08. The van der Waals surface area contributed by atoms with Crippen LogP contribution in [0.1, 0.15) is 30.6 Å². The van der Waals surface area contributed by atoms with Gasteiger partial charge >= 0.3 is 5.97 Å². The molecule has 1 atom stereocenters. The Kier molecular flexibility index (Phi) is 6.52. The minimum Gasteiger partial charge on any atom is -0.452 e. The van der Waals surface area contributed by atoms with Gasteiger partial charge in [-0.25, -0.2) is 13.2 Å². The third-order valence-electron chi connectivity index (χ3n) is 4.09. The lowest BCUT2D eigenvalue weighted by Gasteiger charge is -2.29. The molecule has 0 spiro atoms. The first-order chi connectivity index (χ1) is 12.1. The van der Waals surface area contributed by atoms with Crippen molar-refractivity contribution in [2.24, 2.45) is 5.92 Å². The zero-order valence-corrected chi connectivity index (χ0v) is 16.3. The molecule has 0 aromatic heterocycles. The highest BCUT2D eigenvalue weighted by Crippen LogP contribution is 2.21. The molecule has 0 aliphatic carbocycles. The average molecular weight is 403 g/mol. The van der Waals surface area contributed by atoms with Crippen molar-refractivity contribution in [1.29, 1.82) is 0 Å². The molecular formula is C17H23ClN2O5S. The number of nitrogens with two attached hydrogens (primary N) is 1. The molecule has 1 aliphatic heterocycles. The largest absolute Gasteiger partial charge is 0.452 e. The van der Waals surface area contributed by atoms with Crippen LogP contribution in [-0.4, -0.2) is 55.9 Å². The second-order valence-corrected chi connectivity index (χ2v) is 9.47. The lowest BCUT2D eigenvalue weighted by molar-refractivity contribution is -0.137. The first-order valence-electron chi connectivity index (χ1n) is 8.31. The lowest BCUT2D eigenvalue weighted by atomic mass is 10.1. The summed E-state index contributed by atoms with van der Waals surface area (Å²) in [6, 6.07) is 4.02. The van der Waals surface area contributed by atoms with Crippen LogP contribution < -0.4 is 5.73 Å². The molecule has 1 aliphatic rings. The summed E-state index contributed by atoms with van der Waals surface area (Å²) in [4.78, 5) is 26.2. The van der Waals surface area contributed by atoms with E-state index in [1.54, 1.807) is 6.07 Å². The van der Waals surface area contributed by atoms with E-state index >= 15 is 0 Å². The van der Waals surface area contributed by atoms with Gasteiger partial charge in [0.15, 0.2) is 16.4 Å². The minimum atomic E-state index is -3.13. The molecular weight excluding hydrogens is 380 g/mol. The summed E-state index contributed by atoms with van der Waals surface area (Å²) in [7, 11) is -3.13. The van der Waals surface area contributed by atoms with Gasteiger partial charge in [0.1, 0.15) is 0 Å². The van der Waals surface area contributed by atoms with Gasteiger partial charge in [-0.2, -0.15) is 0 Å². The lowest BCUT2D eigenvalue weighted by Crippen LogP contribution is -2.45. The number of hydrogen-bond acceptors (Lipinski definition) is 6. The van der Waals surface area contributed by atoms with Crippen LogP contribution in [0.3, 0.4) is 0 Å². The van der Waals surface area contributed by atoms with E-state index < -0.39 is 28.3 Å². The van der Waals surface area contributed by atoms with E-state index in [1.807, 2.05) is 13.8 Å². The second kappa shape index (κ2) is 8.26. The van der Waals surface area contributed by atoms with Crippen molar-refractivity contribution in [3.05, 3.63) is 28.8 Å². The molecule has 0 unspecified atom stereocenters. The molecule has 26 heavy (non-hydrogen) atoms. The molecule has 0 saturated carbocycles. The summed E-state index contributed by atoms with van der Waals surface area (Å²) < 4.78 is 28.5. The van der Waals surface area contributed by atoms with Crippen LogP contribution in [-0.2, 0) is 19.4 Å². The van der Waals surface area contributed by atoms with Crippen molar-refractivity contribution in [3.8, 4) is 0 Å². The topological polar surface area (TPSA) is 107 Å². The van der Waals surface area contributed by atoms with Gasteiger partial charge in [0.25, 0.3) is 5.91 Å². The first-order valence-corrected chi connectivity index (χ1v) is 10.5. The van der Waals surface area contributed by atoms with Crippen LogP contribution in [0, 0.1) is 5.92 Å². The molecule has 0 bridgehead atoms. The average Bonchev–Trinajstić information content (AvgIpc) is 2.91. The number of halogens is 1. The molecule has 144 valence electrons. The van der Waals surface area contributed by atoms with Crippen molar-refractivity contribution in [2.75, 3.05) is 30.4 Å². The number of nitrogens with zero attached hydrogens (tertiary/aromatic N) is 1. The molecule has 9 heteroatoms. The predicted octanol–water partition coefficient (Wildman–Crippen LogP) is 1.75. The number of sulfone groups is 1. The molecule has 1 aromatic carbocycles. The molecule has 0 radical (unpaired) electrons. The summed E-state index contributed by atoms with van der Waals surface area (Å²) >= 11 is 5.85. The Hall–Kier alpha value is -1.80. The number of amides is 1. The smallest absolute Gasteiger partial charge is 0.340 e. The predicted molar refractivity (Wildman–Crippen MR) is 99.8 cm³/mol. The van der Waals surface area contributed by atoms with Crippen molar-refractivity contribution >= 4 is 39.0 Å². The zero-order chi connectivity index (χ0) is 19.5. The standard InChI is InChI=1S/C17H23ClN2O5S/c1-11(2)8-20(13-5-6-26(23,24)10-13)16(21)9-25-17(22)14-7-12(18)3-4-15(14)19/h3-4,7,11,13H,5-6,8-10,19H2,1-2H3/t13-/m0/s1. The van der Waals surface area contributed by atoms with Gasteiger partial charge in [0.05, 0.1) is 17.1 Å². The number of anilines is 1. The Morgan fingerprint density at radius 2 is 2.08 bits per heavy atom. The van der Waals surface area contributed by atoms with Crippen molar-refractivity contribution in [1.82, 2.24) is 4.90 Å². The van der Waals surface area contributed by atoms with Gasteiger partial charge < -0.3 is 15.4 Å². The second-order valence-electron chi connectivity index (χ2n) is 6.80. The van der Waals surface area contributed by atoms with E-state index in [4.69, 9.17) is 22.1 Å². The molecule has 1 heterocycles. The molecule has 1 amide bonds. The summed E-state index contributed by atoms with van der Waals surface area (Å²) in [5.74, 6) is -1.00. The van der Waals surface area contributed by atoms with Crippen LogP contribution in [0.4, 0.5) is 5.69 Å². The van der Waals surface area contributed by atoms with Crippen molar-refractivity contribution < 1.29 is 22.7 Å². The zero-order valence-electron chi connectivity index (χ0n) is 14.8. The minimum absolute atomic E-state index is 0.0549. The van der Waals surface area contributed by atoms with Crippen molar-refractivity contribution in [3.63, 3.8) is 0 Å². The van der Waals surface area contributed by atoms with Crippen LogP contribution in [0.25, 0.3) is 0 Å². The first kappa shape index (κ1) is 20.5. The number of carbonyl (C=O) groups is 2. The highest BCUT2D eigenvalue weighted by Gasteiger charge is 2.35. The maximum absolute atomic E-state index is 12.6. The Morgan fingerprint density at radius 1 is 1.38 bits per heavy atom. The maximum Gasteiger partial charge on any atom is 0.340 e. The fraction of sp³-hybridized carbons (Fsp3) is 0.529. The summed E-state index contributed by atoms with van der Waals surface area (Å²) in [5, 5.41) is 0.329. The molecule has 2 N–H and O–H groups in total. The van der Waals surface area contributed by atoms with E-state index in [-0.39, 0.29) is 34.7 Å². The molecule has 2 rings (SSSR count). The summed E-state index contributed by atoms with van der Waals surface area (Å²) in [6.45, 7) is 3.79. The van der Waals surface area contributed by atoms with Gasteiger partial charge in [0, 0.05) is 23.3 Å². The SMILES string of the molecule is CC(C)CN(C(=O)COC(=O)c1cc(Cl)ccc1N)[C@H]1CCS(=O)(=O)C1. The van der Waals surface area contributed by atoms with E-state index in [9.17, 15) is 18.0 Å². The highest BCUT2D eigenvalue weighted by molar-refractivity contribution is 7.91. The van der Waals surface area contributed by atoms with Crippen LogP contribution in [0.5, 0.6) is 0 Å². The number of benzene rings is 1. The normalized spacial score (nSPS) is 18.7. The van der Waals surface area contributed by atoms with E-state index in [0.29, 0.717) is 18.0 Å². The van der Waals surface area contributed by atoms with Gasteiger partial charge in [-0.05, 0) is 30.5 Å². The number of carbonyl (C=O) groups excluding carboxylic acids is 2. The maximum atomic E-state index is 12.6. The third kappa shape index (κ3) is 5.35. The van der Waals surface area contributed by atoms with Gasteiger partial charge in [-0.3, -0.25) is 4.79 Å². The Balaban J connectivity index is 2.05. The Labute approximate surface area is 158 Å². The van der Waals surface area contributed by atoms with Crippen LogP contribution in [0.2, 0.25) is 5.02 Å². The number of nitrogen functional groups attached to an aromatic ring is 1. The molecule has 1 saturated heterocycles. The highest BCUT2D eigenvalue weighted by atomic mass is 35.5. The van der Waals surface area contributed by atoms with Crippen LogP contribution >= 0.6 is 11.6 Å². The summed E-state index contributed by atoms with van der Waals surface area (Å²) in [6.07, 6.45) is 0.399. The molecule has 7 nitrogen and oxygen atoms in total. The quantitative estimate of drug-likeness (QED) is 0.573. The number of rotatable bonds is 6. The Morgan fingerprint density at radius 3 is 2.65 bits per heavy atom. The van der Waals surface area contributed by atoms with E-state index in [0.717, 1.165) is 0 Å². The monoisotopic (exact) mass is 402 g/mol. The number of hydrogen-bond donors (Lipinski definition) is 1. The number of ether oxygens (including phenoxy) is 1. The van der Waals surface area contributed by atoms with E-state index in [2.05, 4.69) is 0 Å². The van der Waals surface area contributed by atoms with Crippen LogP contribution in [0.15, 0.2) is 18.2 Å². The van der Waals surface area contributed by atoms with Gasteiger partial charge in [0.2, 0.25) is 0 Å². The van der Waals surface area contributed by atoms with Crippen molar-refractivity contribution in [2.45, 2.75) is 26.3 Å². The van der Waals surface area contributed by atoms with E-state index in [1.165, 1.54) is 17.0 Å². The fourth-order valence-corrected chi connectivity index (χ4v) is 4.77. The van der Waals surface area contributed by atoms with Gasteiger partial charge in [-0.1, -0.05) is 25.4 Å². The van der Waals surface area contributed by atoms with Gasteiger partial charge in [-0.15, -0.1) is 0 Å². The summed E-state index contributed by atoms with van der Waals surface area (Å²) in [5.41, 5.74) is 6.02. The fourth-order valence-electron chi connectivity index (χ4n) is 2.86. The molecule has 1 aromatic rings. The molecule has 1 fully saturated rings. The Bertz CT molecular complexity index is 794.